The average Bonchev–Trinajstić information content (AvgIpc) is 3.68. The highest BCUT2D eigenvalue weighted by Gasteiger charge is 2.50. The zero-order valence-electron chi connectivity index (χ0n) is 21.6. The zero-order chi connectivity index (χ0) is 25.7. The second-order valence-corrected chi connectivity index (χ2v) is 10.5. The molecular formula is C29H31N7O2. The van der Waals surface area contributed by atoms with Crippen molar-refractivity contribution in [3.8, 4) is 11.7 Å². The smallest absolute Gasteiger partial charge is 0.278 e. The summed E-state index contributed by atoms with van der Waals surface area (Å²) in [7, 11) is 2.23. The summed E-state index contributed by atoms with van der Waals surface area (Å²) in [5.74, 6) is 1.56. The number of rotatable bonds is 2. The van der Waals surface area contributed by atoms with E-state index in [1.807, 2.05) is 24.3 Å². The topological polar surface area (TPSA) is 90.1 Å². The first-order valence-corrected chi connectivity index (χ1v) is 13.5. The van der Waals surface area contributed by atoms with E-state index >= 15 is 0 Å². The summed E-state index contributed by atoms with van der Waals surface area (Å²) < 4.78 is 9.33. The van der Waals surface area contributed by atoms with Crippen LogP contribution in [-0.4, -0.2) is 49.4 Å². The van der Waals surface area contributed by atoms with Crippen molar-refractivity contribution in [3.63, 3.8) is 0 Å². The number of pyridine rings is 1. The number of hydrogen-bond acceptors (Lipinski definition) is 7. The highest BCUT2D eigenvalue weighted by molar-refractivity contribution is 5.77. The van der Waals surface area contributed by atoms with E-state index in [4.69, 9.17) is 14.7 Å². The second-order valence-electron chi connectivity index (χ2n) is 10.5. The molecular weight excluding hydrogens is 478 g/mol. The van der Waals surface area contributed by atoms with Crippen LogP contribution >= 0.6 is 0 Å². The summed E-state index contributed by atoms with van der Waals surface area (Å²) in [6, 6.07) is 12.2. The number of nitrogens with one attached hydrogen (secondary N) is 1. The van der Waals surface area contributed by atoms with Crippen LogP contribution in [0.1, 0.15) is 43.2 Å². The lowest BCUT2D eigenvalue weighted by molar-refractivity contribution is 0.208. The molecule has 2 bridgehead atoms. The van der Waals surface area contributed by atoms with Gasteiger partial charge in [-0.25, -0.2) is 14.3 Å². The molecule has 0 saturated heterocycles. The Morgan fingerprint density at radius 1 is 1.08 bits per heavy atom. The lowest BCUT2D eigenvalue weighted by Crippen LogP contribution is -2.38. The molecule has 7 rings (SSSR count). The largest absolute Gasteiger partial charge is 0.478 e. The fraction of sp³-hybridized carbons (Fsp3) is 0.379. The van der Waals surface area contributed by atoms with E-state index in [1.165, 1.54) is 24.0 Å². The molecule has 4 aromatic rings. The Kier molecular flexibility index (Phi) is 5.54. The van der Waals surface area contributed by atoms with Crippen LogP contribution in [0, 0.1) is 0 Å². The van der Waals surface area contributed by atoms with Crippen molar-refractivity contribution in [3.05, 3.63) is 76.2 Å². The van der Waals surface area contributed by atoms with Gasteiger partial charge in [0.2, 0.25) is 11.8 Å². The summed E-state index contributed by atoms with van der Waals surface area (Å²) in [5.41, 5.74) is 4.34. The van der Waals surface area contributed by atoms with Gasteiger partial charge in [-0.2, -0.15) is 9.97 Å². The number of benzene rings is 1. The minimum atomic E-state index is -0.147. The zero-order valence-corrected chi connectivity index (χ0v) is 21.6. The minimum Gasteiger partial charge on any atom is -0.478 e. The van der Waals surface area contributed by atoms with Crippen LogP contribution in [-0.2, 0) is 18.5 Å². The van der Waals surface area contributed by atoms with Crippen molar-refractivity contribution in [1.29, 1.82) is 0 Å². The first-order valence-electron chi connectivity index (χ1n) is 13.5. The van der Waals surface area contributed by atoms with Crippen LogP contribution in [0.2, 0.25) is 0 Å². The Bertz CT molecular complexity index is 1620. The Hall–Kier alpha value is -3.98. The Balaban J connectivity index is 1.31. The van der Waals surface area contributed by atoms with Gasteiger partial charge in [0.15, 0.2) is 11.5 Å². The lowest BCUT2D eigenvalue weighted by Gasteiger charge is -2.35. The summed E-state index contributed by atoms with van der Waals surface area (Å²) in [4.78, 5) is 30.0. The Labute approximate surface area is 220 Å². The SMILES string of the molecule is CN1CCc2ccc(Nc3ncc4c(=O)n5n(c4n3)-c3cccc(n3)OCCCCC=CC5)cc2C12CC2. The van der Waals surface area contributed by atoms with Crippen molar-refractivity contribution >= 4 is 22.7 Å². The number of aromatic nitrogens is 5. The fourth-order valence-corrected chi connectivity index (χ4v) is 5.83. The van der Waals surface area contributed by atoms with Gasteiger partial charge in [0, 0.05) is 30.0 Å². The molecule has 3 aromatic heterocycles. The van der Waals surface area contributed by atoms with E-state index in [-0.39, 0.29) is 11.1 Å². The number of anilines is 2. The third-order valence-corrected chi connectivity index (χ3v) is 8.10. The number of allylic oxidation sites excluding steroid dienone is 2. The molecule has 9 nitrogen and oxygen atoms in total. The normalized spacial score (nSPS) is 18.6. The third kappa shape index (κ3) is 3.89. The number of ether oxygens (including phenoxy) is 1. The van der Waals surface area contributed by atoms with Gasteiger partial charge in [-0.05, 0) is 74.9 Å². The molecule has 194 valence electrons. The molecule has 9 heteroatoms. The van der Waals surface area contributed by atoms with Crippen LogP contribution in [0.15, 0.2) is 59.5 Å². The number of fused-ring (bicyclic) bond motifs is 8. The van der Waals surface area contributed by atoms with Crippen molar-refractivity contribution in [1.82, 2.24) is 29.2 Å². The molecule has 1 aromatic carbocycles. The van der Waals surface area contributed by atoms with Gasteiger partial charge in [0.1, 0.15) is 5.39 Å². The van der Waals surface area contributed by atoms with Crippen molar-refractivity contribution < 1.29 is 4.74 Å². The molecule has 1 spiro atoms. The van der Waals surface area contributed by atoms with Crippen molar-refractivity contribution in [2.45, 2.75) is 50.6 Å². The Morgan fingerprint density at radius 3 is 2.89 bits per heavy atom. The van der Waals surface area contributed by atoms with Crippen LogP contribution < -0.4 is 15.6 Å². The third-order valence-electron chi connectivity index (χ3n) is 8.10. The molecule has 38 heavy (non-hydrogen) atoms. The van der Waals surface area contributed by atoms with Crippen LogP contribution in [0.4, 0.5) is 11.6 Å². The molecule has 5 heterocycles. The first-order chi connectivity index (χ1) is 18.6. The van der Waals surface area contributed by atoms with E-state index in [2.05, 4.69) is 46.5 Å². The van der Waals surface area contributed by atoms with Gasteiger partial charge in [0.25, 0.3) is 5.56 Å². The molecule has 0 radical (unpaired) electrons. The molecule has 1 N–H and O–H groups in total. The number of nitrogens with zero attached hydrogens (tertiary/aromatic N) is 6. The van der Waals surface area contributed by atoms with Gasteiger partial charge in [0.05, 0.1) is 13.2 Å². The predicted molar refractivity (Wildman–Crippen MR) is 146 cm³/mol. The van der Waals surface area contributed by atoms with Gasteiger partial charge < -0.3 is 10.1 Å². The molecule has 0 amide bonds. The summed E-state index contributed by atoms with van der Waals surface area (Å²) >= 11 is 0. The highest BCUT2D eigenvalue weighted by atomic mass is 16.5. The van der Waals surface area contributed by atoms with E-state index in [0.29, 0.717) is 41.8 Å². The molecule has 3 aliphatic rings. The van der Waals surface area contributed by atoms with Gasteiger partial charge in [-0.1, -0.05) is 24.3 Å². The standard InChI is InChI=1S/C29H31N7O2/c1-34-16-12-20-10-11-21(18-23(20)29(34)13-14-29)31-28-30-19-22-26(33-28)36-24-8-7-9-25(32-24)38-17-6-4-2-3-5-15-35(36)27(22)37/h3,5,7-11,18-19H,2,4,6,12-17H2,1H3,(H,30,31,33). The molecule has 2 aliphatic heterocycles. The second kappa shape index (κ2) is 9.09. The quantitative estimate of drug-likeness (QED) is 0.403. The lowest BCUT2D eigenvalue weighted by atomic mass is 9.90. The molecule has 0 atom stereocenters. The Morgan fingerprint density at radius 2 is 2.00 bits per heavy atom. The highest BCUT2D eigenvalue weighted by Crippen LogP contribution is 2.53. The first kappa shape index (κ1) is 23.2. The molecule has 1 saturated carbocycles. The monoisotopic (exact) mass is 509 g/mol. The molecule has 1 aliphatic carbocycles. The maximum absolute atomic E-state index is 13.4. The van der Waals surface area contributed by atoms with Crippen molar-refractivity contribution in [2.24, 2.45) is 0 Å². The molecule has 0 unspecified atom stereocenters. The van der Waals surface area contributed by atoms with Gasteiger partial charge in [-0.15, -0.1) is 0 Å². The van der Waals surface area contributed by atoms with E-state index in [9.17, 15) is 4.79 Å². The van der Waals surface area contributed by atoms with Crippen LogP contribution in [0.5, 0.6) is 5.88 Å². The average molecular weight is 510 g/mol. The summed E-state index contributed by atoms with van der Waals surface area (Å²) in [6.07, 6.45) is 12.1. The van der Waals surface area contributed by atoms with E-state index in [1.54, 1.807) is 15.6 Å². The number of likely N-dealkylation sites (N-methyl/N-ethyl adjacent to an activating group) is 1. The fourth-order valence-electron chi connectivity index (χ4n) is 5.83. The summed E-state index contributed by atoms with van der Waals surface area (Å²) in [6.45, 7) is 2.13. The maximum atomic E-state index is 13.4. The molecule has 1 fully saturated rings. The van der Waals surface area contributed by atoms with Crippen LogP contribution in [0.25, 0.3) is 16.9 Å². The van der Waals surface area contributed by atoms with Crippen LogP contribution in [0.3, 0.4) is 0 Å². The van der Waals surface area contributed by atoms with Gasteiger partial charge >= 0.3 is 0 Å². The minimum absolute atomic E-state index is 0.147. The van der Waals surface area contributed by atoms with E-state index in [0.717, 1.165) is 37.9 Å². The van der Waals surface area contributed by atoms with E-state index < -0.39 is 0 Å². The number of hydrogen-bond donors (Lipinski definition) is 1. The van der Waals surface area contributed by atoms with Gasteiger partial charge in [-0.3, -0.25) is 9.69 Å². The maximum Gasteiger partial charge on any atom is 0.278 e. The summed E-state index contributed by atoms with van der Waals surface area (Å²) in [5, 5.41) is 3.85. The predicted octanol–water partition coefficient (Wildman–Crippen LogP) is 4.32. The van der Waals surface area contributed by atoms with Crippen molar-refractivity contribution in [2.75, 3.05) is 25.5 Å².